The molecule has 31 heavy (non-hydrogen) atoms. The Morgan fingerprint density at radius 1 is 0.839 bits per heavy atom. The zero-order valence-electron chi connectivity index (χ0n) is 17.5. The van der Waals surface area contributed by atoms with E-state index in [1.54, 1.807) is 23.9 Å². The first-order chi connectivity index (χ1) is 14.4. The summed E-state index contributed by atoms with van der Waals surface area (Å²) in [6, 6.07) is 18.9. The Bertz CT molecular complexity index is 1350. The van der Waals surface area contributed by atoms with Crippen molar-refractivity contribution in [2.24, 2.45) is 7.05 Å². The molecular weight excluding hydrogens is 432 g/mol. The third-order valence-electron chi connectivity index (χ3n) is 5.96. The van der Waals surface area contributed by atoms with Gasteiger partial charge < -0.3 is 9.80 Å². The summed E-state index contributed by atoms with van der Waals surface area (Å²) in [6.45, 7) is 3.83. The monoisotopic (exact) mass is 456 g/mol. The van der Waals surface area contributed by atoms with E-state index in [1.165, 1.54) is 0 Å². The van der Waals surface area contributed by atoms with Crippen LogP contribution >= 0.6 is 12.4 Å². The number of aryl methyl sites for hydroxylation is 1. The van der Waals surface area contributed by atoms with Crippen LogP contribution in [0.4, 0.5) is 5.69 Å². The second-order valence-corrected chi connectivity index (χ2v) is 9.73. The quantitative estimate of drug-likeness (QED) is 0.470. The number of halogens is 1. The molecule has 0 amide bonds. The van der Waals surface area contributed by atoms with Gasteiger partial charge in [0.05, 0.1) is 10.4 Å². The van der Waals surface area contributed by atoms with Crippen LogP contribution in [0.3, 0.4) is 0 Å². The highest BCUT2D eigenvalue weighted by atomic mass is 35.5. The number of nitrogens with zero attached hydrogens (tertiary/aromatic N) is 4. The number of likely N-dealkylation sites (N-methyl/N-ethyl adjacent to an activating group) is 1. The molecule has 5 rings (SSSR count). The van der Waals surface area contributed by atoms with Gasteiger partial charge in [0.1, 0.15) is 0 Å². The molecule has 8 heteroatoms. The highest BCUT2D eigenvalue weighted by Gasteiger charge is 2.27. The van der Waals surface area contributed by atoms with Crippen molar-refractivity contribution in [2.75, 3.05) is 38.1 Å². The number of benzene rings is 3. The average Bonchev–Trinajstić information content (AvgIpc) is 3.10. The predicted molar refractivity (Wildman–Crippen MR) is 127 cm³/mol. The Morgan fingerprint density at radius 3 is 2.32 bits per heavy atom. The topological polar surface area (TPSA) is 58.4 Å². The summed E-state index contributed by atoms with van der Waals surface area (Å²) < 4.78 is 29.1. The van der Waals surface area contributed by atoms with Gasteiger partial charge in [0.2, 0.25) is 9.84 Å². The molecule has 1 saturated heterocycles. The van der Waals surface area contributed by atoms with Gasteiger partial charge in [-0.2, -0.15) is 5.10 Å². The van der Waals surface area contributed by atoms with E-state index in [9.17, 15) is 8.42 Å². The number of rotatable bonds is 3. The minimum absolute atomic E-state index is 0. The number of aromatic nitrogens is 2. The second-order valence-electron chi connectivity index (χ2n) is 7.90. The molecule has 6 nitrogen and oxygen atoms in total. The van der Waals surface area contributed by atoms with Gasteiger partial charge in [0, 0.05) is 49.7 Å². The maximum atomic E-state index is 13.7. The third-order valence-corrected chi connectivity index (χ3v) is 7.71. The first-order valence-corrected chi connectivity index (χ1v) is 11.6. The van der Waals surface area contributed by atoms with Crippen LogP contribution in [0.15, 0.2) is 70.6 Å². The molecule has 0 unspecified atom stereocenters. The maximum Gasteiger partial charge on any atom is 0.226 e. The van der Waals surface area contributed by atoms with E-state index in [-0.39, 0.29) is 17.4 Å². The van der Waals surface area contributed by atoms with Gasteiger partial charge in [-0.05, 0) is 36.7 Å². The number of hydrogen-bond acceptors (Lipinski definition) is 5. The maximum absolute atomic E-state index is 13.7. The van der Waals surface area contributed by atoms with Crippen LogP contribution in [0, 0.1) is 0 Å². The van der Waals surface area contributed by atoms with Gasteiger partial charge in [-0.3, -0.25) is 4.68 Å². The van der Waals surface area contributed by atoms with Gasteiger partial charge in [-0.1, -0.05) is 36.4 Å². The van der Waals surface area contributed by atoms with Crippen LogP contribution in [0.2, 0.25) is 0 Å². The highest BCUT2D eigenvalue weighted by Crippen LogP contribution is 2.33. The fraction of sp³-hybridized carbons (Fsp3) is 0.261. The molecule has 162 valence electrons. The molecule has 0 bridgehead atoms. The van der Waals surface area contributed by atoms with Gasteiger partial charge in [0.25, 0.3) is 0 Å². The Morgan fingerprint density at radius 2 is 1.55 bits per heavy atom. The molecule has 0 saturated carbocycles. The first kappa shape index (κ1) is 21.6. The minimum atomic E-state index is -3.79. The molecule has 0 radical (unpaired) electrons. The highest BCUT2D eigenvalue weighted by molar-refractivity contribution is 7.91. The number of anilines is 1. The summed E-state index contributed by atoms with van der Waals surface area (Å²) in [5.74, 6) is 0. The Hall–Kier alpha value is -2.61. The van der Waals surface area contributed by atoms with Crippen LogP contribution in [0.5, 0.6) is 0 Å². The van der Waals surface area contributed by atoms with Gasteiger partial charge >= 0.3 is 0 Å². The standard InChI is InChI=1S/C23H24N4O2S.ClH/c1-25-12-14-27(15-13-25)18-10-11-21-20(16-18)23(24-26(21)2)30(28,29)22-9-5-7-17-6-3-4-8-19(17)22;/h3-11,16H,12-15H2,1-2H3;1H. The van der Waals surface area contributed by atoms with Gasteiger partial charge in [-0.25, -0.2) is 8.42 Å². The summed E-state index contributed by atoms with van der Waals surface area (Å²) in [5.41, 5.74) is 1.85. The van der Waals surface area contributed by atoms with Crippen molar-refractivity contribution in [1.29, 1.82) is 0 Å². The van der Waals surface area contributed by atoms with Gasteiger partial charge in [0.15, 0.2) is 5.03 Å². The molecule has 0 atom stereocenters. The summed E-state index contributed by atoms with van der Waals surface area (Å²) in [6.07, 6.45) is 0. The molecular formula is C23H25ClN4O2S. The molecule has 4 aromatic rings. The fourth-order valence-corrected chi connectivity index (χ4v) is 5.84. The van der Waals surface area contributed by atoms with Crippen LogP contribution < -0.4 is 4.90 Å². The number of sulfone groups is 1. The Balaban J connectivity index is 0.00000231. The second kappa shape index (κ2) is 8.15. The average molecular weight is 457 g/mol. The lowest BCUT2D eigenvalue weighted by atomic mass is 10.1. The zero-order chi connectivity index (χ0) is 20.9. The van der Waals surface area contributed by atoms with Crippen LogP contribution in [0.25, 0.3) is 21.7 Å². The molecule has 1 aliphatic heterocycles. The predicted octanol–water partition coefficient (Wildman–Crippen LogP) is 3.73. The van der Waals surface area contributed by atoms with Crippen LogP contribution in [0.1, 0.15) is 0 Å². The largest absolute Gasteiger partial charge is 0.369 e. The number of fused-ring (bicyclic) bond motifs is 2. The van der Waals surface area contributed by atoms with E-state index in [4.69, 9.17) is 0 Å². The fourth-order valence-electron chi connectivity index (χ4n) is 4.22. The molecule has 0 N–H and O–H groups in total. The molecule has 3 aromatic carbocycles. The van der Waals surface area contributed by atoms with E-state index in [1.807, 2.05) is 42.5 Å². The Kier molecular flexibility index (Phi) is 5.68. The Labute approximate surface area is 188 Å². The van der Waals surface area contributed by atoms with Crippen molar-refractivity contribution in [1.82, 2.24) is 14.7 Å². The third kappa shape index (κ3) is 3.67. The van der Waals surface area contributed by atoms with Crippen molar-refractivity contribution in [3.8, 4) is 0 Å². The van der Waals surface area contributed by atoms with Crippen molar-refractivity contribution in [2.45, 2.75) is 9.92 Å². The molecule has 0 spiro atoms. The molecule has 1 aliphatic rings. The lowest BCUT2D eigenvalue weighted by Crippen LogP contribution is -2.44. The smallest absolute Gasteiger partial charge is 0.226 e. The first-order valence-electron chi connectivity index (χ1n) is 10.1. The summed E-state index contributed by atoms with van der Waals surface area (Å²) in [4.78, 5) is 4.90. The molecule has 1 aromatic heterocycles. The van der Waals surface area contributed by atoms with Gasteiger partial charge in [-0.15, -0.1) is 12.4 Å². The SMILES string of the molecule is CN1CCN(c2ccc3c(c2)c(S(=O)(=O)c2cccc4ccccc24)nn3C)CC1.Cl. The molecule has 1 fully saturated rings. The van der Waals surface area contributed by atoms with E-state index >= 15 is 0 Å². The number of hydrogen-bond donors (Lipinski definition) is 0. The van der Waals surface area contributed by atoms with Crippen LogP contribution in [-0.4, -0.2) is 56.3 Å². The zero-order valence-corrected chi connectivity index (χ0v) is 19.2. The van der Waals surface area contributed by atoms with Crippen LogP contribution in [-0.2, 0) is 16.9 Å². The lowest BCUT2D eigenvalue weighted by Gasteiger charge is -2.34. The van der Waals surface area contributed by atoms with Crippen molar-refractivity contribution < 1.29 is 8.42 Å². The van der Waals surface area contributed by atoms with Crippen molar-refractivity contribution >= 4 is 49.6 Å². The van der Waals surface area contributed by atoms with E-state index in [0.717, 1.165) is 42.8 Å². The molecule has 0 aliphatic carbocycles. The van der Waals surface area contributed by atoms with E-state index < -0.39 is 9.84 Å². The van der Waals surface area contributed by atoms with E-state index in [2.05, 4.69) is 28.0 Å². The summed E-state index contributed by atoms with van der Waals surface area (Å²) in [7, 11) is 0.127. The number of piperazine rings is 1. The minimum Gasteiger partial charge on any atom is -0.369 e. The van der Waals surface area contributed by atoms with Crippen molar-refractivity contribution in [3.05, 3.63) is 60.7 Å². The summed E-state index contributed by atoms with van der Waals surface area (Å²) in [5, 5.41) is 6.85. The summed E-state index contributed by atoms with van der Waals surface area (Å²) >= 11 is 0. The molecule has 2 heterocycles. The lowest BCUT2D eigenvalue weighted by molar-refractivity contribution is 0.313. The van der Waals surface area contributed by atoms with Crippen molar-refractivity contribution in [3.63, 3.8) is 0 Å². The van der Waals surface area contributed by atoms with E-state index in [0.29, 0.717) is 15.7 Å². The normalized spacial score (nSPS) is 15.4.